The van der Waals surface area contributed by atoms with E-state index in [0.29, 0.717) is 11.3 Å². The molecule has 0 spiro atoms. The molecule has 1 aromatic rings. The van der Waals surface area contributed by atoms with Gasteiger partial charge in [0.15, 0.2) is 0 Å². The lowest BCUT2D eigenvalue weighted by atomic mass is 9.95. The molecule has 1 aromatic carbocycles. The van der Waals surface area contributed by atoms with Crippen molar-refractivity contribution in [1.29, 1.82) is 0 Å². The number of urea groups is 1. The minimum Gasteiger partial charge on any atom is -0.458 e. The average Bonchev–Trinajstić information content (AvgIpc) is 2.44. The summed E-state index contributed by atoms with van der Waals surface area (Å²) in [7, 11) is 0. The zero-order valence-electron chi connectivity index (χ0n) is 11.5. The van der Waals surface area contributed by atoms with Gasteiger partial charge < -0.3 is 15.4 Å². The molecule has 2 rings (SSSR count). The minimum atomic E-state index is -0.563. The first-order valence-electron chi connectivity index (χ1n) is 6.35. The number of rotatable bonds is 4. The number of carbonyl (C=O) groups excluding carboxylic acids is 2. The first-order chi connectivity index (χ1) is 10.0. The van der Waals surface area contributed by atoms with Gasteiger partial charge in [0.1, 0.15) is 6.61 Å². The van der Waals surface area contributed by atoms with Crippen molar-refractivity contribution in [3.05, 3.63) is 58.2 Å². The number of hydrogen-bond donors (Lipinski definition) is 2. The number of benzene rings is 1. The molecule has 2 N–H and O–H groups in total. The SMILES string of the molecule is C=CCOC(=O)C1=C(C)NC(=O)NC1c1ccccc1Br. The van der Waals surface area contributed by atoms with E-state index in [9.17, 15) is 9.59 Å². The summed E-state index contributed by atoms with van der Waals surface area (Å²) in [6.45, 7) is 5.31. The van der Waals surface area contributed by atoms with Crippen LogP contribution in [-0.4, -0.2) is 18.6 Å². The largest absolute Gasteiger partial charge is 0.458 e. The summed E-state index contributed by atoms with van der Waals surface area (Å²) in [6, 6.07) is 6.49. The van der Waals surface area contributed by atoms with Gasteiger partial charge in [-0.2, -0.15) is 0 Å². The van der Waals surface area contributed by atoms with Crippen LogP contribution < -0.4 is 10.6 Å². The predicted molar refractivity (Wildman–Crippen MR) is 82.4 cm³/mol. The van der Waals surface area contributed by atoms with Crippen molar-refractivity contribution in [2.75, 3.05) is 6.61 Å². The Morgan fingerprint density at radius 3 is 2.86 bits per heavy atom. The minimum absolute atomic E-state index is 0.117. The lowest BCUT2D eigenvalue weighted by molar-refractivity contribution is -0.138. The van der Waals surface area contributed by atoms with Crippen LogP contribution in [0.1, 0.15) is 18.5 Å². The van der Waals surface area contributed by atoms with E-state index in [4.69, 9.17) is 4.74 Å². The summed E-state index contributed by atoms with van der Waals surface area (Å²) in [5.74, 6) is -0.486. The van der Waals surface area contributed by atoms with Crippen LogP contribution in [-0.2, 0) is 9.53 Å². The molecule has 1 atom stereocenters. The summed E-state index contributed by atoms with van der Waals surface area (Å²) in [5.41, 5.74) is 1.65. The van der Waals surface area contributed by atoms with Crippen molar-refractivity contribution in [1.82, 2.24) is 10.6 Å². The van der Waals surface area contributed by atoms with Gasteiger partial charge in [-0.15, -0.1) is 0 Å². The van der Waals surface area contributed by atoms with Crippen LogP contribution in [0.3, 0.4) is 0 Å². The molecule has 1 aliphatic rings. The second-order valence-electron chi connectivity index (χ2n) is 4.48. The monoisotopic (exact) mass is 350 g/mol. The first kappa shape index (κ1) is 15.3. The highest BCUT2D eigenvalue weighted by molar-refractivity contribution is 9.10. The van der Waals surface area contributed by atoms with Crippen molar-refractivity contribution >= 4 is 27.9 Å². The maximum Gasteiger partial charge on any atom is 0.338 e. The van der Waals surface area contributed by atoms with Gasteiger partial charge >= 0.3 is 12.0 Å². The molecule has 0 aliphatic carbocycles. The topological polar surface area (TPSA) is 67.4 Å². The van der Waals surface area contributed by atoms with E-state index < -0.39 is 12.0 Å². The molecule has 1 aliphatic heterocycles. The van der Waals surface area contributed by atoms with Gasteiger partial charge in [0, 0.05) is 10.2 Å². The van der Waals surface area contributed by atoms with Crippen LogP contribution in [0.5, 0.6) is 0 Å². The standard InChI is InChI=1S/C15H15BrN2O3/c1-3-8-21-14(19)12-9(2)17-15(20)18-13(12)10-6-4-5-7-11(10)16/h3-7,13H,1,8H2,2H3,(H2,17,18,20). The fourth-order valence-corrected chi connectivity index (χ4v) is 2.63. The zero-order valence-corrected chi connectivity index (χ0v) is 13.1. The Labute approximate surface area is 131 Å². The summed E-state index contributed by atoms with van der Waals surface area (Å²) < 4.78 is 5.91. The normalized spacial score (nSPS) is 17.8. The first-order valence-corrected chi connectivity index (χ1v) is 7.14. The van der Waals surface area contributed by atoms with E-state index in [1.807, 2.05) is 24.3 Å². The van der Waals surface area contributed by atoms with Crippen LogP contribution in [0.15, 0.2) is 52.7 Å². The van der Waals surface area contributed by atoms with Crippen LogP contribution in [0, 0.1) is 0 Å². The average molecular weight is 351 g/mol. The summed E-state index contributed by atoms with van der Waals surface area (Å²) >= 11 is 3.44. The Morgan fingerprint density at radius 2 is 2.19 bits per heavy atom. The zero-order chi connectivity index (χ0) is 15.4. The number of ether oxygens (including phenoxy) is 1. The number of carbonyl (C=O) groups is 2. The van der Waals surface area contributed by atoms with Gasteiger partial charge in [0.25, 0.3) is 0 Å². The fourth-order valence-electron chi connectivity index (χ4n) is 2.12. The number of amides is 2. The molecule has 110 valence electrons. The van der Waals surface area contributed by atoms with E-state index >= 15 is 0 Å². The van der Waals surface area contributed by atoms with Crippen LogP contribution in [0.2, 0.25) is 0 Å². The predicted octanol–water partition coefficient (Wildman–Crippen LogP) is 2.81. The second kappa shape index (κ2) is 6.58. The van der Waals surface area contributed by atoms with Gasteiger partial charge in [-0.25, -0.2) is 9.59 Å². The smallest absolute Gasteiger partial charge is 0.338 e. The van der Waals surface area contributed by atoms with E-state index in [1.54, 1.807) is 6.92 Å². The number of hydrogen-bond acceptors (Lipinski definition) is 3. The Kier molecular flexibility index (Phi) is 4.80. The molecule has 0 fully saturated rings. The van der Waals surface area contributed by atoms with Crippen LogP contribution >= 0.6 is 15.9 Å². The van der Waals surface area contributed by atoms with Crippen LogP contribution in [0.25, 0.3) is 0 Å². The summed E-state index contributed by atoms with van der Waals surface area (Å²) in [4.78, 5) is 23.9. The third-order valence-electron chi connectivity index (χ3n) is 3.04. The van der Waals surface area contributed by atoms with E-state index in [2.05, 4.69) is 33.1 Å². The highest BCUT2D eigenvalue weighted by Crippen LogP contribution is 2.32. The number of nitrogens with one attached hydrogen (secondary N) is 2. The van der Waals surface area contributed by atoms with Gasteiger partial charge in [0.05, 0.1) is 11.6 Å². The highest BCUT2D eigenvalue weighted by atomic mass is 79.9. The van der Waals surface area contributed by atoms with Gasteiger partial charge in [-0.1, -0.05) is 46.8 Å². The molecule has 2 amide bonds. The third kappa shape index (κ3) is 3.33. The molecule has 1 unspecified atom stereocenters. The van der Waals surface area contributed by atoms with Crippen molar-refractivity contribution in [2.24, 2.45) is 0 Å². The number of esters is 1. The third-order valence-corrected chi connectivity index (χ3v) is 3.76. The quantitative estimate of drug-likeness (QED) is 0.648. The molecule has 0 radical (unpaired) electrons. The lowest BCUT2D eigenvalue weighted by Gasteiger charge is -2.28. The summed E-state index contributed by atoms with van der Waals surface area (Å²) in [5, 5.41) is 5.34. The number of allylic oxidation sites excluding steroid dienone is 1. The second-order valence-corrected chi connectivity index (χ2v) is 5.33. The fraction of sp³-hybridized carbons (Fsp3) is 0.200. The molecule has 6 heteroatoms. The summed E-state index contributed by atoms with van der Waals surface area (Å²) in [6.07, 6.45) is 1.50. The van der Waals surface area contributed by atoms with Crippen molar-refractivity contribution < 1.29 is 14.3 Å². The molecule has 0 bridgehead atoms. The molecule has 0 aromatic heterocycles. The maximum absolute atomic E-state index is 12.2. The van der Waals surface area contributed by atoms with E-state index in [1.165, 1.54) is 6.08 Å². The molecular formula is C15H15BrN2O3. The highest BCUT2D eigenvalue weighted by Gasteiger charge is 2.32. The Hall–Kier alpha value is -2.08. The van der Waals surface area contributed by atoms with Crippen molar-refractivity contribution in [3.8, 4) is 0 Å². The Morgan fingerprint density at radius 1 is 1.48 bits per heavy atom. The van der Waals surface area contributed by atoms with Gasteiger partial charge in [-0.3, -0.25) is 0 Å². The van der Waals surface area contributed by atoms with Gasteiger partial charge in [0.2, 0.25) is 0 Å². The lowest BCUT2D eigenvalue weighted by Crippen LogP contribution is -2.45. The van der Waals surface area contributed by atoms with E-state index in [-0.39, 0.29) is 12.6 Å². The maximum atomic E-state index is 12.2. The molecule has 1 heterocycles. The molecule has 21 heavy (non-hydrogen) atoms. The van der Waals surface area contributed by atoms with Crippen molar-refractivity contribution in [3.63, 3.8) is 0 Å². The number of halogens is 1. The molecule has 5 nitrogen and oxygen atoms in total. The van der Waals surface area contributed by atoms with Crippen LogP contribution in [0.4, 0.5) is 4.79 Å². The molecular weight excluding hydrogens is 336 g/mol. The molecule has 0 saturated carbocycles. The molecule has 0 saturated heterocycles. The van der Waals surface area contributed by atoms with Gasteiger partial charge in [-0.05, 0) is 18.6 Å². The van der Waals surface area contributed by atoms with E-state index in [0.717, 1.165) is 10.0 Å². The Bertz CT molecular complexity index is 625. The van der Waals surface area contributed by atoms with Crippen molar-refractivity contribution in [2.45, 2.75) is 13.0 Å². The Balaban J connectivity index is 2.43.